The molecule has 0 aliphatic carbocycles. The van der Waals surface area contributed by atoms with Crippen molar-refractivity contribution in [2.75, 3.05) is 52.6 Å². The summed E-state index contributed by atoms with van der Waals surface area (Å²) in [5, 5.41) is 8.98. The Morgan fingerprint density at radius 2 is 1.61 bits per heavy atom. The number of ether oxygens (including phenoxy) is 2. The van der Waals surface area contributed by atoms with E-state index < -0.39 is 6.17 Å². The Labute approximate surface area is 139 Å². The first-order valence-corrected chi connectivity index (χ1v) is 8.44. The molecule has 0 spiro atoms. The van der Waals surface area contributed by atoms with E-state index in [0.717, 1.165) is 13.1 Å². The standard InChI is InChI=1S/C16H34FN3O3/c1-13(2)16(21)20-11-15(17)12-23-9-6-18-5-8-22-10-7-19-14(3)4/h13-15,18-19H,5-12H2,1-4H3,(H,20,21). The van der Waals surface area contributed by atoms with Gasteiger partial charge in [0.05, 0.1) is 33.0 Å². The molecular formula is C16H34FN3O3. The first kappa shape index (κ1) is 22.2. The third-order valence-corrected chi connectivity index (χ3v) is 2.97. The van der Waals surface area contributed by atoms with Crippen molar-refractivity contribution in [2.45, 2.75) is 39.9 Å². The number of carbonyl (C=O) groups is 1. The minimum absolute atomic E-state index is 0.00255. The molecule has 0 fully saturated rings. The molecule has 23 heavy (non-hydrogen) atoms. The number of nitrogens with one attached hydrogen (secondary N) is 3. The zero-order valence-corrected chi connectivity index (χ0v) is 15.0. The molecule has 6 nitrogen and oxygen atoms in total. The van der Waals surface area contributed by atoms with Gasteiger partial charge in [-0.2, -0.15) is 0 Å². The van der Waals surface area contributed by atoms with Gasteiger partial charge in [-0.05, 0) is 0 Å². The van der Waals surface area contributed by atoms with Gasteiger partial charge in [-0.3, -0.25) is 4.79 Å². The second-order valence-corrected chi connectivity index (χ2v) is 6.04. The fourth-order valence-corrected chi connectivity index (χ4v) is 1.62. The van der Waals surface area contributed by atoms with Gasteiger partial charge in [0.1, 0.15) is 6.17 Å². The van der Waals surface area contributed by atoms with Gasteiger partial charge in [-0.25, -0.2) is 4.39 Å². The van der Waals surface area contributed by atoms with Crippen LogP contribution in [0, 0.1) is 5.92 Å². The summed E-state index contributed by atoms with van der Waals surface area (Å²) in [6.45, 7) is 11.8. The van der Waals surface area contributed by atoms with Crippen LogP contribution in [0.25, 0.3) is 0 Å². The molecule has 0 aliphatic heterocycles. The first-order chi connectivity index (χ1) is 10.9. The quantitative estimate of drug-likeness (QED) is 0.385. The van der Waals surface area contributed by atoms with Gasteiger partial charge in [0.25, 0.3) is 0 Å². The molecule has 1 amide bonds. The van der Waals surface area contributed by atoms with Crippen LogP contribution in [0.5, 0.6) is 0 Å². The number of hydrogen-bond donors (Lipinski definition) is 3. The summed E-state index contributed by atoms with van der Waals surface area (Å²) in [4.78, 5) is 11.3. The molecule has 0 aromatic carbocycles. The fraction of sp³-hybridized carbons (Fsp3) is 0.938. The van der Waals surface area contributed by atoms with E-state index in [0.29, 0.717) is 32.4 Å². The van der Waals surface area contributed by atoms with Gasteiger partial charge in [0, 0.05) is 31.6 Å². The molecule has 0 aromatic heterocycles. The van der Waals surface area contributed by atoms with Crippen molar-refractivity contribution in [2.24, 2.45) is 5.92 Å². The molecule has 3 N–H and O–H groups in total. The van der Waals surface area contributed by atoms with Gasteiger partial charge in [0.15, 0.2) is 0 Å². The third kappa shape index (κ3) is 15.9. The Kier molecular flexibility index (Phi) is 14.3. The molecule has 0 aromatic rings. The van der Waals surface area contributed by atoms with E-state index in [9.17, 15) is 9.18 Å². The van der Waals surface area contributed by atoms with Crippen LogP contribution in [0.4, 0.5) is 4.39 Å². The monoisotopic (exact) mass is 335 g/mol. The van der Waals surface area contributed by atoms with E-state index in [1.165, 1.54) is 0 Å². The molecule has 0 rings (SSSR count). The lowest BCUT2D eigenvalue weighted by Crippen LogP contribution is -2.35. The summed E-state index contributed by atoms with van der Waals surface area (Å²) in [5.74, 6) is -0.270. The lowest BCUT2D eigenvalue weighted by Gasteiger charge is -2.12. The van der Waals surface area contributed by atoms with E-state index in [-0.39, 0.29) is 25.0 Å². The van der Waals surface area contributed by atoms with Gasteiger partial charge in [-0.15, -0.1) is 0 Å². The van der Waals surface area contributed by atoms with Crippen molar-refractivity contribution >= 4 is 5.91 Å². The second-order valence-electron chi connectivity index (χ2n) is 6.04. The van der Waals surface area contributed by atoms with E-state index in [4.69, 9.17) is 9.47 Å². The van der Waals surface area contributed by atoms with E-state index in [1.54, 1.807) is 13.8 Å². The molecular weight excluding hydrogens is 301 g/mol. The molecule has 0 saturated carbocycles. The van der Waals surface area contributed by atoms with Crippen molar-refractivity contribution < 1.29 is 18.7 Å². The van der Waals surface area contributed by atoms with E-state index in [1.807, 2.05) is 0 Å². The van der Waals surface area contributed by atoms with Crippen LogP contribution in [-0.2, 0) is 14.3 Å². The highest BCUT2D eigenvalue weighted by atomic mass is 19.1. The van der Waals surface area contributed by atoms with Crippen LogP contribution in [0.1, 0.15) is 27.7 Å². The Morgan fingerprint density at radius 1 is 1.00 bits per heavy atom. The number of carbonyl (C=O) groups excluding carboxylic acids is 1. The molecule has 138 valence electrons. The Balaban J connectivity index is 3.25. The Bertz CT molecular complexity index is 292. The highest BCUT2D eigenvalue weighted by Gasteiger charge is 2.11. The maximum absolute atomic E-state index is 13.4. The largest absolute Gasteiger partial charge is 0.379 e. The molecule has 1 unspecified atom stereocenters. The molecule has 0 saturated heterocycles. The lowest BCUT2D eigenvalue weighted by molar-refractivity contribution is -0.124. The number of halogens is 1. The van der Waals surface area contributed by atoms with Gasteiger partial charge >= 0.3 is 0 Å². The van der Waals surface area contributed by atoms with Gasteiger partial charge in [-0.1, -0.05) is 27.7 Å². The third-order valence-electron chi connectivity index (χ3n) is 2.97. The van der Waals surface area contributed by atoms with Crippen molar-refractivity contribution in [1.29, 1.82) is 0 Å². The predicted octanol–water partition coefficient (Wildman–Crippen LogP) is 0.718. The van der Waals surface area contributed by atoms with Crippen molar-refractivity contribution in [3.05, 3.63) is 0 Å². The molecule has 7 heteroatoms. The minimum Gasteiger partial charge on any atom is -0.379 e. The topological polar surface area (TPSA) is 71.6 Å². The average Bonchev–Trinajstić information content (AvgIpc) is 2.49. The van der Waals surface area contributed by atoms with Crippen LogP contribution >= 0.6 is 0 Å². The van der Waals surface area contributed by atoms with Crippen LogP contribution in [-0.4, -0.2) is 70.7 Å². The highest BCUT2D eigenvalue weighted by molar-refractivity contribution is 5.77. The van der Waals surface area contributed by atoms with Gasteiger partial charge in [0.2, 0.25) is 5.91 Å². The first-order valence-electron chi connectivity index (χ1n) is 8.44. The van der Waals surface area contributed by atoms with Crippen LogP contribution in [0.3, 0.4) is 0 Å². The molecule has 0 heterocycles. The maximum atomic E-state index is 13.4. The number of hydrogen-bond acceptors (Lipinski definition) is 5. The second kappa shape index (κ2) is 14.8. The smallest absolute Gasteiger partial charge is 0.222 e. The predicted molar refractivity (Wildman–Crippen MR) is 90.4 cm³/mol. The maximum Gasteiger partial charge on any atom is 0.222 e. The summed E-state index contributed by atoms with van der Waals surface area (Å²) in [6.07, 6.45) is -1.17. The van der Waals surface area contributed by atoms with Crippen molar-refractivity contribution in [1.82, 2.24) is 16.0 Å². The SMILES string of the molecule is CC(C)NCCOCCNCCOCC(F)CNC(=O)C(C)C. The number of alkyl halides is 1. The van der Waals surface area contributed by atoms with Crippen molar-refractivity contribution in [3.63, 3.8) is 0 Å². The van der Waals surface area contributed by atoms with Crippen LogP contribution in [0.15, 0.2) is 0 Å². The average molecular weight is 335 g/mol. The summed E-state index contributed by atoms with van der Waals surface area (Å²) >= 11 is 0. The Hall–Kier alpha value is -0.760. The molecule has 0 bridgehead atoms. The minimum atomic E-state index is -1.17. The van der Waals surface area contributed by atoms with Crippen LogP contribution < -0.4 is 16.0 Å². The number of amides is 1. The lowest BCUT2D eigenvalue weighted by atomic mass is 10.2. The zero-order valence-electron chi connectivity index (χ0n) is 15.0. The summed E-state index contributed by atoms with van der Waals surface area (Å²) < 4.78 is 24.1. The molecule has 1 atom stereocenters. The molecule has 0 radical (unpaired) electrons. The summed E-state index contributed by atoms with van der Waals surface area (Å²) in [7, 11) is 0. The normalized spacial score (nSPS) is 12.8. The van der Waals surface area contributed by atoms with Crippen molar-refractivity contribution in [3.8, 4) is 0 Å². The molecule has 0 aliphatic rings. The fourth-order valence-electron chi connectivity index (χ4n) is 1.62. The number of rotatable bonds is 15. The van der Waals surface area contributed by atoms with Gasteiger partial charge < -0.3 is 25.4 Å². The highest BCUT2D eigenvalue weighted by Crippen LogP contribution is 1.94. The zero-order chi connectivity index (χ0) is 17.5. The van der Waals surface area contributed by atoms with E-state index in [2.05, 4.69) is 29.8 Å². The summed E-state index contributed by atoms with van der Waals surface area (Å²) in [5.41, 5.74) is 0. The van der Waals surface area contributed by atoms with Crippen LogP contribution in [0.2, 0.25) is 0 Å². The summed E-state index contributed by atoms with van der Waals surface area (Å²) in [6, 6.07) is 0.479. The van der Waals surface area contributed by atoms with E-state index >= 15 is 0 Å². The Morgan fingerprint density at radius 3 is 2.22 bits per heavy atom.